The van der Waals surface area contributed by atoms with Crippen molar-refractivity contribution in [2.45, 2.75) is 26.2 Å². The van der Waals surface area contributed by atoms with Crippen LogP contribution in [0.5, 0.6) is 5.75 Å². The van der Waals surface area contributed by atoms with Crippen molar-refractivity contribution in [2.75, 3.05) is 0 Å². The smallest absolute Gasteiger partial charge is 0.197 e. The van der Waals surface area contributed by atoms with Gasteiger partial charge in [0.15, 0.2) is 11.4 Å². The molecule has 4 nitrogen and oxygen atoms in total. The van der Waals surface area contributed by atoms with Crippen molar-refractivity contribution in [1.82, 2.24) is 14.6 Å². The SMILES string of the molecule is CCCCc1ccn2ncc(O)c2n1. The van der Waals surface area contributed by atoms with Gasteiger partial charge in [0.25, 0.3) is 0 Å². The van der Waals surface area contributed by atoms with Gasteiger partial charge in [-0.1, -0.05) is 13.3 Å². The largest absolute Gasteiger partial charge is 0.503 e. The fourth-order valence-electron chi connectivity index (χ4n) is 1.39. The van der Waals surface area contributed by atoms with Gasteiger partial charge in [-0.05, 0) is 18.9 Å². The van der Waals surface area contributed by atoms with Crippen LogP contribution >= 0.6 is 0 Å². The predicted octanol–water partition coefficient (Wildman–Crippen LogP) is 1.78. The second kappa shape index (κ2) is 3.65. The molecule has 2 heterocycles. The van der Waals surface area contributed by atoms with Gasteiger partial charge in [0.2, 0.25) is 0 Å². The molecule has 0 atom stereocenters. The zero-order valence-corrected chi connectivity index (χ0v) is 8.14. The van der Waals surface area contributed by atoms with Crippen LogP contribution in [0.3, 0.4) is 0 Å². The molecule has 2 rings (SSSR count). The second-order valence-corrected chi connectivity index (χ2v) is 3.32. The fourth-order valence-corrected chi connectivity index (χ4v) is 1.39. The van der Waals surface area contributed by atoms with Gasteiger partial charge >= 0.3 is 0 Å². The summed E-state index contributed by atoms with van der Waals surface area (Å²) in [5.41, 5.74) is 1.55. The number of rotatable bonds is 3. The molecule has 4 heteroatoms. The van der Waals surface area contributed by atoms with E-state index in [1.807, 2.05) is 12.3 Å². The molecule has 0 aliphatic carbocycles. The van der Waals surface area contributed by atoms with E-state index in [0.29, 0.717) is 5.65 Å². The van der Waals surface area contributed by atoms with E-state index < -0.39 is 0 Å². The molecule has 0 aliphatic heterocycles. The van der Waals surface area contributed by atoms with Crippen molar-refractivity contribution in [2.24, 2.45) is 0 Å². The van der Waals surface area contributed by atoms with Gasteiger partial charge in [-0.3, -0.25) is 0 Å². The second-order valence-electron chi connectivity index (χ2n) is 3.32. The number of hydrogen-bond donors (Lipinski definition) is 1. The lowest BCUT2D eigenvalue weighted by atomic mass is 10.2. The number of unbranched alkanes of at least 4 members (excludes halogenated alkanes) is 1. The van der Waals surface area contributed by atoms with Crippen molar-refractivity contribution in [3.8, 4) is 5.75 Å². The molecule has 0 bridgehead atoms. The summed E-state index contributed by atoms with van der Waals surface area (Å²) >= 11 is 0. The third kappa shape index (κ3) is 1.55. The van der Waals surface area contributed by atoms with Crippen molar-refractivity contribution in [1.29, 1.82) is 0 Å². The molecule has 0 aromatic carbocycles. The molecule has 0 spiro atoms. The van der Waals surface area contributed by atoms with Crippen LogP contribution in [0, 0.1) is 0 Å². The monoisotopic (exact) mass is 191 g/mol. The summed E-state index contributed by atoms with van der Waals surface area (Å²) in [5.74, 6) is 0.142. The van der Waals surface area contributed by atoms with Gasteiger partial charge in [0.05, 0.1) is 6.20 Å². The highest BCUT2D eigenvalue weighted by molar-refractivity contribution is 5.51. The molecule has 0 aliphatic rings. The first-order valence-electron chi connectivity index (χ1n) is 4.83. The van der Waals surface area contributed by atoms with E-state index in [4.69, 9.17) is 0 Å². The average molecular weight is 191 g/mol. The summed E-state index contributed by atoms with van der Waals surface area (Å²) in [6.07, 6.45) is 6.47. The van der Waals surface area contributed by atoms with Crippen LogP contribution in [0.15, 0.2) is 18.5 Å². The molecular formula is C10H13N3O. The highest BCUT2D eigenvalue weighted by atomic mass is 16.3. The van der Waals surface area contributed by atoms with E-state index in [1.165, 1.54) is 6.20 Å². The first kappa shape index (κ1) is 8.99. The lowest BCUT2D eigenvalue weighted by Crippen LogP contribution is -1.95. The number of fused-ring (bicyclic) bond motifs is 1. The average Bonchev–Trinajstić information content (AvgIpc) is 2.57. The van der Waals surface area contributed by atoms with Crippen LogP contribution in [-0.2, 0) is 6.42 Å². The van der Waals surface area contributed by atoms with Gasteiger partial charge in [0.1, 0.15) is 0 Å². The van der Waals surface area contributed by atoms with Crippen molar-refractivity contribution < 1.29 is 5.11 Å². The highest BCUT2D eigenvalue weighted by Gasteiger charge is 2.03. The Morgan fingerprint density at radius 2 is 2.36 bits per heavy atom. The Morgan fingerprint density at radius 3 is 3.14 bits per heavy atom. The van der Waals surface area contributed by atoms with E-state index in [-0.39, 0.29) is 5.75 Å². The summed E-state index contributed by atoms with van der Waals surface area (Å²) in [6, 6.07) is 1.94. The standard InChI is InChI=1S/C10H13N3O/c1-2-3-4-8-5-6-13-10(12-8)9(14)7-11-13/h5-7,14H,2-4H2,1H3. The zero-order valence-electron chi connectivity index (χ0n) is 8.14. The number of aromatic hydroxyl groups is 1. The molecule has 2 aromatic heterocycles. The first-order chi connectivity index (χ1) is 6.81. The summed E-state index contributed by atoms with van der Waals surface area (Å²) in [5, 5.41) is 13.4. The Hall–Kier alpha value is -1.58. The molecule has 0 saturated heterocycles. The van der Waals surface area contributed by atoms with E-state index in [2.05, 4.69) is 17.0 Å². The maximum atomic E-state index is 9.42. The van der Waals surface area contributed by atoms with Gasteiger partial charge in [-0.25, -0.2) is 9.50 Å². The van der Waals surface area contributed by atoms with Crippen molar-refractivity contribution in [3.05, 3.63) is 24.2 Å². The minimum Gasteiger partial charge on any atom is -0.503 e. The topological polar surface area (TPSA) is 50.4 Å². The molecule has 0 radical (unpaired) electrons. The summed E-state index contributed by atoms with van der Waals surface area (Å²) in [7, 11) is 0. The van der Waals surface area contributed by atoms with Gasteiger partial charge in [-0.15, -0.1) is 0 Å². The number of hydrogen-bond acceptors (Lipinski definition) is 3. The Bertz CT molecular complexity index is 436. The van der Waals surface area contributed by atoms with Crippen LogP contribution in [0.1, 0.15) is 25.5 Å². The zero-order chi connectivity index (χ0) is 9.97. The molecule has 0 unspecified atom stereocenters. The normalized spacial score (nSPS) is 10.9. The van der Waals surface area contributed by atoms with E-state index >= 15 is 0 Å². The molecule has 14 heavy (non-hydrogen) atoms. The van der Waals surface area contributed by atoms with E-state index in [0.717, 1.165) is 25.0 Å². The van der Waals surface area contributed by atoms with Crippen LogP contribution in [0.2, 0.25) is 0 Å². The molecule has 2 aromatic rings. The lowest BCUT2D eigenvalue weighted by Gasteiger charge is -1.99. The van der Waals surface area contributed by atoms with Gasteiger partial charge < -0.3 is 5.11 Å². The fraction of sp³-hybridized carbons (Fsp3) is 0.400. The molecule has 0 amide bonds. The van der Waals surface area contributed by atoms with Crippen LogP contribution in [-0.4, -0.2) is 19.7 Å². The Balaban J connectivity index is 2.34. The maximum absolute atomic E-state index is 9.42. The van der Waals surface area contributed by atoms with Gasteiger partial charge in [0, 0.05) is 11.9 Å². The molecule has 0 saturated carbocycles. The van der Waals surface area contributed by atoms with Crippen molar-refractivity contribution in [3.63, 3.8) is 0 Å². The predicted molar refractivity (Wildman–Crippen MR) is 53.3 cm³/mol. The minimum atomic E-state index is 0.142. The quantitative estimate of drug-likeness (QED) is 0.804. The molecule has 74 valence electrons. The van der Waals surface area contributed by atoms with Gasteiger partial charge in [-0.2, -0.15) is 5.10 Å². The van der Waals surface area contributed by atoms with E-state index in [1.54, 1.807) is 4.52 Å². The molecule has 1 N–H and O–H groups in total. The van der Waals surface area contributed by atoms with E-state index in [9.17, 15) is 5.11 Å². The van der Waals surface area contributed by atoms with Crippen LogP contribution in [0.4, 0.5) is 0 Å². The first-order valence-corrected chi connectivity index (χ1v) is 4.83. The number of aryl methyl sites for hydroxylation is 1. The number of aromatic nitrogens is 3. The molecular weight excluding hydrogens is 178 g/mol. The Morgan fingerprint density at radius 1 is 1.50 bits per heavy atom. The minimum absolute atomic E-state index is 0.142. The lowest BCUT2D eigenvalue weighted by molar-refractivity contribution is 0.479. The Labute approximate surface area is 82.2 Å². The third-order valence-electron chi connectivity index (χ3n) is 2.19. The van der Waals surface area contributed by atoms with Crippen LogP contribution < -0.4 is 0 Å². The maximum Gasteiger partial charge on any atom is 0.197 e. The molecule has 0 fully saturated rings. The van der Waals surface area contributed by atoms with Crippen molar-refractivity contribution >= 4 is 5.65 Å². The summed E-state index contributed by atoms with van der Waals surface area (Å²) in [4.78, 5) is 4.32. The third-order valence-corrected chi connectivity index (χ3v) is 2.19. The summed E-state index contributed by atoms with van der Waals surface area (Å²) < 4.78 is 1.57. The van der Waals surface area contributed by atoms with Crippen LogP contribution in [0.25, 0.3) is 5.65 Å². The summed E-state index contributed by atoms with van der Waals surface area (Å²) in [6.45, 7) is 2.15. The highest BCUT2D eigenvalue weighted by Crippen LogP contribution is 2.15. The number of nitrogens with zero attached hydrogens (tertiary/aromatic N) is 3. The Kier molecular flexibility index (Phi) is 2.35.